The van der Waals surface area contributed by atoms with Crippen LogP contribution >= 0.6 is 0 Å². The third kappa shape index (κ3) is 6.39. The van der Waals surface area contributed by atoms with Gasteiger partial charge in [0.25, 0.3) is 11.5 Å². The van der Waals surface area contributed by atoms with E-state index in [-0.39, 0.29) is 17.9 Å². The first-order valence-corrected chi connectivity index (χ1v) is 10.9. The Balaban J connectivity index is 1.81. The molecule has 0 bridgehead atoms. The molecule has 3 aromatic rings. The van der Waals surface area contributed by atoms with Crippen LogP contribution in [0.1, 0.15) is 36.7 Å². The molecule has 1 heterocycles. The molecule has 2 amide bonds. The number of aryl methyl sites for hydroxylation is 1. The van der Waals surface area contributed by atoms with Gasteiger partial charge in [0, 0.05) is 30.4 Å². The lowest BCUT2D eigenvalue weighted by atomic mass is 10.1. The van der Waals surface area contributed by atoms with Gasteiger partial charge in [-0.05, 0) is 30.7 Å². The van der Waals surface area contributed by atoms with E-state index < -0.39 is 12.0 Å². The maximum atomic E-state index is 13.1. The molecular weight excluding hydrogens is 424 g/mol. The maximum Gasteiger partial charge on any atom is 0.411 e. The molecule has 0 atom stereocenters. The molecule has 0 saturated heterocycles. The van der Waals surface area contributed by atoms with E-state index in [1.807, 2.05) is 0 Å². The Morgan fingerprint density at radius 2 is 1.70 bits per heavy atom. The van der Waals surface area contributed by atoms with E-state index in [0.717, 1.165) is 19.3 Å². The Kier molecular flexibility index (Phi) is 8.54. The highest BCUT2D eigenvalue weighted by molar-refractivity contribution is 6.11. The standard InChI is InChI=1S/C24H28N4O5/c1-3-4-7-13-28-23(30)20-12-6-5-11-19(20)21(27-28)22(29)25-17-9-8-10-18(16-17)26-24(31)33-15-14-32-2/h5-6,8-12,16H,3-4,7,13-15H2,1-2H3,(H,25,29)(H,26,31). The third-order valence-electron chi connectivity index (χ3n) is 4.94. The van der Waals surface area contributed by atoms with Gasteiger partial charge in [-0.1, -0.05) is 44.0 Å². The number of fused-ring (bicyclic) bond motifs is 1. The Morgan fingerprint density at radius 1 is 0.970 bits per heavy atom. The van der Waals surface area contributed by atoms with Crippen molar-refractivity contribution in [2.24, 2.45) is 0 Å². The number of rotatable bonds is 10. The number of amides is 2. The minimum Gasteiger partial charge on any atom is -0.447 e. The summed E-state index contributed by atoms with van der Waals surface area (Å²) in [5.74, 6) is -0.449. The summed E-state index contributed by atoms with van der Waals surface area (Å²) in [4.78, 5) is 37.8. The number of benzene rings is 2. The lowest BCUT2D eigenvalue weighted by Crippen LogP contribution is -2.27. The number of unbranched alkanes of at least 4 members (excludes halogenated alkanes) is 2. The first kappa shape index (κ1) is 23.9. The van der Waals surface area contributed by atoms with Crippen LogP contribution in [0, 0.1) is 0 Å². The van der Waals surface area contributed by atoms with Gasteiger partial charge in [0.15, 0.2) is 5.69 Å². The van der Waals surface area contributed by atoms with Crippen LogP contribution < -0.4 is 16.2 Å². The molecule has 0 unspecified atom stereocenters. The number of carbonyl (C=O) groups excluding carboxylic acids is 2. The molecule has 33 heavy (non-hydrogen) atoms. The Bertz CT molecular complexity index is 1170. The molecule has 3 rings (SSSR count). The summed E-state index contributed by atoms with van der Waals surface area (Å²) in [6.07, 6.45) is 2.16. The Hall–Kier alpha value is -3.72. The van der Waals surface area contributed by atoms with Crippen LogP contribution in [0.2, 0.25) is 0 Å². The van der Waals surface area contributed by atoms with Crippen molar-refractivity contribution in [3.63, 3.8) is 0 Å². The van der Waals surface area contributed by atoms with Gasteiger partial charge in [0.2, 0.25) is 0 Å². The number of carbonyl (C=O) groups is 2. The summed E-state index contributed by atoms with van der Waals surface area (Å²) in [7, 11) is 1.52. The van der Waals surface area contributed by atoms with Crippen LogP contribution in [0.4, 0.5) is 16.2 Å². The van der Waals surface area contributed by atoms with Crippen molar-refractivity contribution in [3.8, 4) is 0 Å². The van der Waals surface area contributed by atoms with E-state index in [1.165, 1.54) is 11.8 Å². The highest BCUT2D eigenvalue weighted by Crippen LogP contribution is 2.19. The normalized spacial score (nSPS) is 10.7. The summed E-state index contributed by atoms with van der Waals surface area (Å²) in [6.45, 7) is 2.96. The van der Waals surface area contributed by atoms with Crippen molar-refractivity contribution in [2.75, 3.05) is 31.0 Å². The Morgan fingerprint density at radius 3 is 2.42 bits per heavy atom. The lowest BCUT2D eigenvalue weighted by Gasteiger charge is -2.12. The van der Waals surface area contributed by atoms with Gasteiger partial charge in [-0.3, -0.25) is 14.9 Å². The second-order valence-corrected chi connectivity index (χ2v) is 7.42. The molecule has 2 aromatic carbocycles. The molecular formula is C24H28N4O5. The molecule has 2 N–H and O–H groups in total. The van der Waals surface area contributed by atoms with Crippen LogP contribution in [-0.2, 0) is 16.0 Å². The van der Waals surface area contributed by atoms with Gasteiger partial charge in [-0.25, -0.2) is 9.48 Å². The van der Waals surface area contributed by atoms with E-state index in [2.05, 4.69) is 22.7 Å². The molecule has 0 aliphatic rings. The average molecular weight is 453 g/mol. The number of hydrogen-bond acceptors (Lipinski definition) is 6. The Labute approximate surface area is 191 Å². The van der Waals surface area contributed by atoms with Gasteiger partial charge < -0.3 is 14.8 Å². The quantitative estimate of drug-likeness (QED) is 0.449. The van der Waals surface area contributed by atoms with E-state index in [0.29, 0.717) is 35.3 Å². The summed E-state index contributed by atoms with van der Waals surface area (Å²) in [5.41, 5.74) is 0.873. The highest BCUT2D eigenvalue weighted by atomic mass is 16.6. The van der Waals surface area contributed by atoms with Gasteiger partial charge in [-0.15, -0.1) is 0 Å². The second-order valence-electron chi connectivity index (χ2n) is 7.42. The predicted molar refractivity (Wildman–Crippen MR) is 127 cm³/mol. The minimum absolute atomic E-state index is 0.130. The molecule has 0 aliphatic heterocycles. The summed E-state index contributed by atoms with van der Waals surface area (Å²) in [5, 5.41) is 10.7. The first-order valence-electron chi connectivity index (χ1n) is 10.9. The van der Waals surface area contributed by atoms with Crippen molar-refractivity contribution in [2.45, 2.75) is 32.7 Å². The largest absolute Gasteiger partial charge is 0.447 e. The molecule has 0 spiro atoms. The third-order valence-corrected chi connectivity index (χ3v) is 4.94. The zero-order valence-corrected chi connectivity index (χ0v) is 18.8. The minimum atomic E-state index is -0.623. The highest BCUT2D eigenvalue weighted by Gasteiger charge is 2.17. The molecule has 9 heteroatoms. The molecule has 0 saturated carbocycles. The smallest absolute Gasteiger partial charge is 0.411 e. The number of methoxy groups -OCH3 is 1. The van der Waals surface area contributed by atoms with Gasteiger partial charge >= 0.3 is 6.09 Å². The van der Waals surface area contributed by atoms with Crippen molar-refractivity contribution in [3.05, 3.63) is 64.6 Å². The number of aromatic nitrogens is 2. The lowest BCUT2D eigenvalue weighted by molar-refractivity contribution is 0.102. The van der Waals surface area contributed by atoms with E-state index in [4.69, 9.17) is 9.47 Å². The summed E-state index contributed by atoms with van der Waals surface area (Å²) in [6, 6.07) is 13.6. The fourth-order valence-electron chi connectivity index (χ4n) is 3.30. The first-order chi connectivity index (χ1) is 16.0. The van der Waals surface area contributed by atoms with E-state index in [1.54, 1.807) is 48.5 Å². The SMILES string of the molecule is CCCCCn1nc(C(=O)Nc2cccc(NC(=O)OCCOC)c2)c2ccccc2c1=O. The molecule has 9 nitrogen and oxygen atoms in total. The fourth-order valence-corrected chi connectivity index (χ4v) is 3.30. The number of nitrogens with zero attached hydrogens (tertiary/aromatic N) is 2. The summed E-state index contributed by atoms with van der Waals surface area (Å²) < 4.78 is 11.2. The van der Waals surface area contributed by atoms with Crippen molar-refractivity contribution >= 4 is 34.1 Å². The molecule has 0 fully saturated rings. The molecule has 174 valence electrons. The fraction of sp³-hybridized carbons (Fsp3) is 0.333. The van der Waals surface area contributed by atoms with Crippen LogP contribution in [-0.4, -0.2) is 42.1 Å². The monoisotopic (exact) mass is 452 g/mol. The van der Waals surface area contributed by atoms with Gasteiger partial charge in [-0.2, -0.15) is 5.10 Å². The number of nitrogens with one attached hydrogen (secondary N) is 2. The van der Waals surface area contributed by atoms with E-state index >= 15 is 0 Å². The molecule has 0 radical (unpaired) electrons. The topological polar surface area (TPSA) is 112 Å². The molecule has 1 aromatic heterocycles. The number of anilines is 2. The van der Waals surface area contributed by atoms with Crippen LogP contribution in [0.15, 0.2) is 53.3 Å². The second kappa shape index (κ2) is 11.8. The maximum absolute atomic E-state index is 13.1. The average Bonchev–Trinajstić information content (AvgIpc) is 2.81. The van der Waals surface area contributed by atoms with Crippen molar-refractivity contribution in [1.82, 2.24) is 9.78 Å². The summed E-state index contributed by atoms with van der Waals surface area (Å²) >= 11 is 0. The number of ether oxygens (including phenoxy) is 2. The van der Waals surface area contributed by atoms with Gasteiger partial charge in [0.1, 0.15) is 6.61 Å². The van der Waals surface area contributed by atoms with Crippen molar-refractivity contribution < 1.29 is 19.1 Å². The van der Waals surface area contributed by atoms with Crippen LogP contribution in [0.25, 0.3) is 10.8 Å². The van der Waals surface area contributed by atoms with Crippen molar-refractivity contribution in [1.29, 1.82) is 0 Å². The zero-order valence-electron chi connectivity index (χ0n) is 18.8. The van der Waals surface area contributed by atoms with E-state index in [9.17, 15) is 14.4 Å². The predicted octanol–water partition coefficient (Wildman–Crippen LogP) is 4.03. The van der Waals surface area contributed by atoms with Gasteiger partial charge in [0.05, 0.1) is 12.0 Å². The van der Waals surface area contributed by atoms with Crippen LogP contribution in [0.5, 0.6) is 0 Å². The molecule has 0 aliphatic carbocycles. The number of hydrogen-bond donors (Lipinski definition) is 2. The van der Waals surface area contributed by atoms with Crippen LogP contribution in [0.3, 0.4) is 0 Å². The zero-order chi connectivity index (χ0) is 23.6.